The number of rotatable bonds is 3. The molecule has 1 unspecified atom stereocenters. The number of hydrogen-bond acceptors (Lipinski definition) is 5. The molecule has 0 saturated carbocycles. The minimum atomic E-state index is -0.709. The molecular formula is C24H25BN2O3S. The molecule has 2 heterocycles. The molecule has 158 valence electrons. The molecular weight excluding hydrogens is 407 g/mol. The molecule has 2 aromatic carbocycles. The van der Waals surface area contributed by atoms with E-state index >= 15 is 0 Å². The van der Waals surface area contributed by atoms with E-state index in [9.17, 15) is 14.7 Å². The second-order valence-electron chi connectivity index (χ2n) is 8.92. The second-order valence-corrected chi connectivity index (χ2v) is 9.98. The number of benzene rings is 2. The van der Waals surface area contributed by atoms with Crippen LogP contribution < -0.4 is 5.46 Å². The lowest BCUT2D eigenvalue weighted by molar-refractivity contribution is -0.125. The van der Waals surface area contributed by atoms with Gasteiger partial charge in [0.25, 0.3) is 5.91 Å². The number of aliphatic imine (C=N–C) groups is 1. The van der Waals surface area contributed by atoms with Gasteiger partial charge in [-0.15, -0.1) is 0 Å². The number of aliphatic hydroxyl groups is 1. The number of aliphatic hydroxyl groups excluding tert-OH is 1. The van der Waals surface area contributed by atoms with Crippen LogP contribution in [0.15, 0.2) is 64.9 Å². The molecule has 0 aliphatic carbocycles. The molecule has 1 N–H and O–H groups in total. The third-order valence-corrected chi connectivity index (χ3v) is 6.61. The van der Waals surface area contributed by atoms with E-state index in [0.29, 0.717) is 17.3 Å². The summed E-state index contributed by atoms with van der Waals surface area (Å²) in [6.07, 6.45) is 0. The van der Waals surface area contributed by atoms with Crippen molar-refractivity contribution in [2.45, 2.75) is 32.2 Å². The van der Waals surface area contributed by atoms with E-state index in [4.69, 9.17) is 0 Å². The van der Waals surface area contributed by atoms with Crippen molar-refractivity contribution in [2.24, 2.45) is 4.99 Å². The molecule has 4 rings (SSSR count). The minimum absolute atomic E-state index is 0.0202. The molecule has 0 saturated heterocycles. The predicted octanol–water partition coefficient (Wildman–Crippen LogP) is 2.92. The van der Waals surface area contributed by atoms with Gasteiger partial charge in [-0.25, -0.2) is 0 Å². The Morgan fingerprint density at radius 3 is 2.32 bits per heavy atom. The lowest BCUT2D eigenvalue weighted by Crippen LogP contribution is -2.34. The number of ketones is 1. The first-order chi connectivity index (χ1) is 14.7. The van der Waals surface area contributed by atoms with Crippen LogP contribution in [0.4, 0.5) is 0 Å². The zero-order chi connectivity index (χ0) is 22.3. The lowest BCUT2D eigenvalue weighted by atomic mass is 9.85. The second kappa shape index (κ2) is 8.04. The molecule has 1 amide bonds. The first-order valence-corrected chi connectivity index (χ1v) is 11.3. The highest BCUT2D eigenvalue weighted by molar-refractivity contribution is 8.14. The Hall–Kier alpha value is -2.80. The molecule has 7 heteroatoms. The largest absolute Gasteiger partial charge is 0.503 e. The summed E-state index contributed by atoms with van der Waals surface area (Å²) in [5.74, 6) is -0.641. The van der Waals surface area contributed by atoms with Gasteiger partial charge in [0.05, 0.1) is 18.2 Å². The van der Waals surface area contributed by atoms with E-state index in [0.717, 1.165) is 22.3 Å². The summed E-state index contributed by atoms with van der Waals surface area (Å²) in [5.41, 5.74) is 3.49. The highest BCUT2D eigenvalue weighted by atomic mass is 32.2. The van der Waals surface area contributed by atoms with Crippen molar-refractivity contribution in [2.75, 3.05) is 12.3 Å². The number of Topliss-reactive ketones (excluding diaryl/α,β-unsaturated/α-hetero) is 1. The van der Waals surface area contributed by atoms with Gasteiger partial charge in [0.1, 0.15) is 7.85 Å². The molecule has 5 nitrogen and oxygen atoms in total. The number of amides is 1. The maximum Gasteiger partial charge on any atom is 0.296 e. The van der Waals surface area contributed by atoms with E-state index in [1.807, 2.05) is 44.2 Å². The first-order valence-electron chi connectivity index (χ1n) is 10.3. The number of carbonyl (C=O) groups excluding carboxylic acids is 2. The highest BCUT2D eigenvalue weighted by Gasteiger charge is 2.46. The van der Waals surface area contributed by atoms with Crippen molar-refractivity contribution >= 4 is 41.9 Å². The summed E-state index contributed by atoms with van der Waals surface area (Å²) in [6, 6.07) is 14.4. The van der Waals surface area contributed by atoms with Crippen LogP contribution in [0.3, 0.4) is 0 Å². The smallest absolute Gasteiger partial charge is 0.296 e. The van der Waals surface area contributed by atoms with E-state index in [1.165, 1.54) is 16.7 Å². The molecule has 2 aliphatic heterocycles. The van der Waals surface area contributed by atoms with Gasteiger partial charge in [0.15, 0.2) is 16.7 Å². The summed E-state index contributed by atoms with van der Waals surface area (Å²) in [4.78, 5) is 32.4. The number of carbonyl (C=O) groups is 2. The van der Waals surface area contributed by atoms with Crippen LogP contribution in [0.25, 0.3) is 0 Å². The quantitative estimate of drug-likeness (QED) is 0.598. The zero-order valence-electron chi connectivity index (χ0n) is 18.2. The molecule has 2 aromatic rings. The molecule has 1 atom stereocenters. The van der Waals surface area contributed by atoms with Crippen LogP contribution >= 0.6 is 11.8 Å². The van der Waals surface area contributed by atoms with E-state index < -0.39 is 17.7 Å². The average molecular weight is 432 g/mol. The molecule has 0 bridgehead atoms. The van der Waals surface area contributed by atoms with E-state index in [1.54, 1.807) is 12.1 Å². The van der Waals surface area contributed by atoms with Crippen LogP contribution in [0, 0.1) is 0 Å². The Labute approximate surface area is 187 Å². The standard InChI is InChI=1S/C24H25BN2O3S/c1-24(2,3)16-8-4-14(5-9-16)19-18(20(28)15-6-10-17(25)11-7-15)21(29)22(30)27(19)23-26-12-13-31-23/h4-11,19,29H,12-13,25H2,1-3H3. The Morgan fingerprint density at radius 1 is 1.13 bits per heavy atom. The van der Waals surface area contributed by atoms with Crippen molar-refractivity contribution in [3.63, 3.8) is 0 Å². The van der Waals surface area contributed by atoms with Crippen LogP contribution in [-0.4, -0.2) is 47.0 Å². The molecule has 0 radical (unpaired) electrons. The van der Waals surface area contributed by atoms with Crippen molar-refractivity contribution in [1.29, 1.82) is 0 Å². The number of nitrogens with zero attached hydrogens (tertiary/aromatic N) is 2. The van der Waals surface area contributed by atoms with Gasteiger partial charge >= 0.3 is 0 Å². The van der Waals surface area contributed by atoms with Gasteiger partial charge in [-0.2, -0.15) is 0 Å². The van der Waals surface area contributed by atoms with Crippen LogP contribution in [0.5, 0.6) is 0 Å². The van der Waals surface area contributed by atoms with Crippen LogP contribution in [0.1, 0.15) is 48.3 Å². The summed E-state index contributed by atoms with van der Waals surface area (Å²) in [7, 11) is 1.95. The van der Waals surface area contributed by atoms with Gasteiger partial charge < -0.3 is 5.11 Å². The van der Waals surface area contributed by atoms with Crippen molar-refractivity contribution < 1.29 is 14.7 Å². The number of hydrogen-bond donors (Lipinski definition) is 1. The van der Waals surface area contributed by atoms with Gasteiger partial charge in [0.2, 0.25) is 0 Å². The maximum atomic E-state index is 13.4. The number of thioether (sulfide) groups is 1. The summed E-state index contributed by atoms with van der Waals surface area (Å²) >= 11 is 1.47. The number of amidine groups is 1. The molecule has 2 aliphatic rings. The Bertz CT molecular complexity index is 1100. The minimum Gasteiger partial charge on any atom is -0.503 e. The predicted molar refractivity (Wildman–Crippen MR) is 128 cm³/mol. The fraction of sp³-hybridized carbons (Fsp3) is 0.292. The van der Waals surface area contributed by atoms with Crippen LogP contribution in [0.2, 0.25) is 0 Å². The molecule has 31 heavy (non-hydrogen) atoms. The Kier molecular flexibility index (Phi) is 5.56. The summed E-state index contributed by atoms with van der Waals surface area (Å²) < 4.78 is 0. The van der Waals surface area contributed by atoms with Gasteiger partial charge in [-0.3, -0.25) is 19.5 Å². The SMILES string of the molecule is Bc1ccc(C(=O)C2=C(O)C(=O)N(C3=NCCS3)C2c2ccc(C(C)(C)C)cc2)cc1. The van der Waals surface area contributed by atoms with Crippen molar-refractivity contribution in [1.82, 2.24) is 4.90 Å². The third kappa shape index (κ3) is 3.94. The lowest BCUT2D eigenvalue weighted by Gasteiger charge is -2.27. The maximum absolute atomic E-state index is 13.4. The molecule has 0 fully saturated rings. The Balaban J connectivity index is 1.82. The normalized spacial score (nSPS) is 19.2. The fourth-order valence-electron chi connectivity index (χ4n) is 3.85. The zero-order valence-corrected chi connectivity index (χ0v) is 19.0. The van der Waals surface area contributed by atoms with E-state index in [-0.39, 0.29) is 16.8 Å². The monoisotopic (exact) mass is 432 g/mol. The van der Waals surface area contributed by atoms with Crippen LogP contribution in [-0.2, 0) is 10.2 Å². The average Bonchev–Trinajstić information content (AvgIpc) is 3.34. The third-order valence-electron chi connectivity index (χ3n) is 5.63. The topological polar surface area (TPSA) is 70.0 Å². The summed E-state index contributed by atoms with van der Waals surface area (Å²) in [6.45, 7) is 7.02. The Morgan fingerprint density at radius 2 is 1.77 bits per heavy atom. The van der Waals surface area contributed by atoms with Gasteiger partial charge in [0, 0.05) is 11.3 Å². The highest BCUT2D eigenvalue weighted by Crippen LogP contribution is 2.41. The van der Waals surface area contributed by atoms with Gasteiger partial charge in [-0.05, 0) is 16.5 Å². The van der Waals surface area contributed by atoms with E-state index in [2.05, 4.69) is 25.8 Å². The summed E-state index contributed by atoms with van der Waals surface area (Å²) in [5, 5.41) is 11.3. The molecule has 0 spiro atoms. The van der Waals surface area contributed by atoms with Crippen molar-refractivity contribution in [3.8, 4) is 0 Å². The fourth-order valence-corrected chi connectivity index (χ4v) is 4.72. The first kappa shape index (κ1) is 21.4. The molecule has 0 aromatic heterocycles. The van der Waals surface area contributed by atoms with Gasteiger partial charge in [-0.1, -0.05) is 86.5 Å². The van der Waals surface area contributed by atoms with Crippen molar-refractivity contribution in [3.05, 3.63) is 76.6 Å².